The SMILES string of the molecule is CNC(=O)C1CCN(c2nc3ccccn3c2C=O)CC1. The summed E-state index contributed by atoms with van der Waals surface area (Å²) in [5, 5.41) is 2.70. The molecule has 0 saturated carbocycles. The summed E-state index contributed by atoms with van der Waals surface area (Å²) in [5.41, 5.74) is 1.34. The zero-order valence-corrected chi connectivity index (χ0v) is 12.0. The first-order chi connectivity index (χ1) is 10.2. The number of hydrogen-bond donors (Lipinski definition) is 1. The van der Waals surface area contributed by atoms with E-state index in [1.165, 1.54) is 0 Å². The third-order valence-electron chi connectivity index (χ3n) is 4.07. The van der Waals surface area contributed by atoms with Gasteiger partial charge in [-0.25, -0.2) is 4.98 Å². The second-order valence-corrected chi connectivity index (χ2v) is 5.24. The van der Waals surface area contributed by atoms with Gasteiger partial charge in [-0.3, -0.25) is 14.0 Å². The van der Waals surface area contributed by atoms with Crippen LogP contribution in [0.4, 0.5) is 5.82 Å². The summed E-state index contributed by atoms with van der Waals surface area (Å²) in [5.74, 6) is 0.870. The van der Waals surface area contributed by atoms with Crippen molar-refractivity contribution in [3.8, 4) is 0 Å². The molecule has 3 heterocycles. The Kier molecular flexibility index (Phi) is 3.60. The van der Waals surface area contributed by atoms with Gasteiger partial charge in [0, 0.05) is 32.3 Å². The molecule has 0 unspecified atom stereocenters. The molecule has 1 aliphatic heterocycles. The minimum atomic E-state index is 0.0583. The highest BCUT2D eigenvalue weighted by molar-refractivity contribution is 5.83. The first kappa shape index (κ1) is 13.6. The fourth-order valence-electron chi connectivity index (χ4n) is 2.90. The molecule has 0 bridgehead atoms. The second kappa shape index (κ2) is 5.55. The summed E-state index contributed by atoms with van der Waals surface area (Å²) in [6.45, 7) is 1.48. The molecule has 0 radical (unpaired) electrons. The molecule has 1 amide bonds. The Morgan fingerprint density at radius 3 is 2.81 bits per heavy atom. The van der Waals surface area contributed by atoms with Crippen LogP contribution in [0.3, 0.4) is 0 Å². The lowest BCUT2D eigenvalue weighted by molar-refractivity contribution is -0.125. The highest BCUT2D eigenvalue weighted by atomic mass is 16.1. The van der Waals surface area contributed by atoms with E-state index in [-0.39, 0.29) is 11.8 Å². The van der Waals surface area contributed by atoms with E-state index in [1.807, 2.05) is 24.4 Å². The van der Waals surface area contributed by atoms with Crippen LogP contribution in [0.5, 0.6) is 0 Å². The number of anilines is 1. The molecule has 1 N–H and O–H groups in total. The third-order valence-corrected chi connectivity index (χ3v) is 4.07. The van der Waals surface area contributed by atoms with E-state index >= 15 is 0 Å². The molecule has 1 fully saturated rings. The predicted octanol–water partition coefficient (Wildman–Crippen LogP) is 1.11. The number of piperidine rings is 1. The number of pyridine rings is 1. The van der Waals surface area contributed by atoms with Crippen LogP contribution in [0, 0.1) is 5.92 Å². The number of carbonyl (C=O) groups excluding carboxylic acids is 2. The first-order valence-electron chi connectivity index (χ1n) is 7.13. The smallest absolute Gasteiger partial charge is 0.222 e. The van der Waals surface area contributed by atoms with Crippen LogP contribution in [0.2, 0.25) is 0 Å². The van der Waals surface area contributed by atoms with Gasteiger partial charge in [0.1, 0.15) is 11.3 Å². The van der Waals surface area contributed by atoms with E-state index in [2.05, 4.69) is 15.2 Å². The first-order valence-corrected chi connectivity index (χ1v) is 7.13. The van der Waals surface area contributed by atoms with Gasteiger partial charge in [0.15, 0.2) is 12.1 Å². The number of carbonyl (C=O) groups is 2. The monoisotopic (exact) mass is 286 g/mol. The number of amides is 1. The van der Waals surface area contributed by atoms with E-state index in [0.717, 1.165) is 37.9 Å². The van der Waals surface area contributed by atoms with Crippen molar-refractivity contribution in [2.75, 3.05) is 25.0 Å². The molecule has 1 saturated heterocycles. The highest BCUT2D eigenvalue weighted by Gasteiger charge is 2.27. The summed E-state index contributed by atoms with van der Waals surface area (Å²) in [7, 11) is 1.67. The molecule has 1 aliphatic rings. The lowest BCUT2D eigenvalue weighted by Crippen LogP contribution is -2.40. The molecule has 21 heavy (non-hydrogen) atoms. The maximum Gasteiger partial charge on any atom is 0.222 e. The van der Waals surface area contributed by atoms with Crippen molar-refractivity contribution < 1.29 is 9.59 Å². The lowest BCUT2D eigenvalue weighted by atomic mass is 9.96. The average molecular weight is 286 g/mol. The van der Waals surface area contributed by atoms with Gasteiger partial charge < -0.3 is 10.2 Å². The number of imidazole rings is 1. The third kappa shape index (κ3) is 2.37. The summed E-state index contributed by atoms with van der Waals surface area (Å²) < 4.78 is 1.80. The van der Waals surface area contributed by atoms with Crippen LogP contribution in [0.15, 0.2) is 24.4 Å². The van der Waals surface area contributed by atoms with Gasteiger partial charge in [0.25, 0.3) is 0 Å². The molecule has 3 rings (SSSR count). The summed E-state index contributed by atoms with van der Waals surface area (Å²) in [4.78, 5) is 29.7. The van der Waals surface area contributed by atoms with Gasteiger partial charge in [-0.2, -0.15) is 0 Å². The molecular formula is C15H18N4O2. The van der Waals surface area contributed by atoms with Crippen LogP contribution in [0.25, 0.3) is 5.65 Å². The van der Waals surface area contributed by atoms with Gasteiger partial charge >= 0.3 is 0 Å². The van der Waals surface area contributed by atoms with Crippen molar-refractivity contribution in [3.05, 3.63) is 30.1 Å². The number of aromatic nitrogens is 2. The molecular weight excluding hydrogens is 268 g/mol. The largest absolute Gasteiger partial charge is 0.359 e. The Morgan fingerprint density at radius 2 is 2.14 bits per heavy atom. The van der Waals surface area contributed by atoms with Crippen LogP contribution in [0.1, 0.15) is 23.3 Å². The van der Waals surface area contributed by atoms with Crippen molar-refractivity contribution in [1.82, 2.24) is 14.7 Å². The van der Waals surface area contributed by atoms with Gasteiger partial charge in [0.2, 0.25) is 5.91 Å². The number of fused-ring (bicyclic) bond motifs is 1. The van der Waals surface area contributed by atoms with E-state index < -0.39 is 0 Å². The minimum Gasteiger partial charge on any atom is -0.359 e. The van der Waals surface area contributed by atoms with Crippen molar-refractivity contribution in [2.45, 2.75) is 12.8 Å². The molecule has 6 heteroatoms. The van der Waals surface area contributed by atoms with E-state index in [9.17, 15) is 9.59 Å². The quantitative estimate of drug-likeness (QED) is 0.858. The number of aldehydes is 1. The predicted molar refractivity (Wildman–Crippen MR) is 79.6 cm³/mol. The Bertz CT molecular complexity index is 671. The minimum absolute atomic E-state index is 0.0583. The molecule has 6 nitrogen and oxygen atoms in total. The van der Waals surface area contributed by atoms with Gasteiger partial charge in [-0.15, -0.1) is 0 Å². The fraction of sp³-hybridized carbons (Fsp3) is 0.400. The standard InChI is InChI=1S/C15H18N4O2/c1-16-15(21)11-5-8-18(9-6-11)14-12(10-20)19-7-3-2-4-13(19)17-14/h2-4,7,10-11H,5-6,8-9H2,1H3,(H,16,21). The lowest BCUT2D eigenvalue weighted by Gasteiger charge is -2.31. The summed E-state index contributed by atoms with van der Waals surface area (Å²) >= 11 is 0. The number of hydrogen-bond acceptors (Lipinski definition) is 4. The molecule has 0 spiro atoms. The van der Waals surface area contributed by atoms with Gasteiger partial charge in [-0.1, -0.05) is 6.07 Å². The summed E-state index contributed by atoms with van der Waals surface area (Å²) in [6.07, 6.45) is 4.25. The number of nitrogens with one attached hydrogen (secondary N) is 1. The normalized spacial score (nSPS) is 16.1. The van der Waals surface area contributed by atoms with E-state index in [1.54, 1.807) is 11.4 Å². The van der Waals surface area contributed by atoms with Crippen LogP contribution >= 0.6 is 0 Å². The average Bonchev–Trinajstić information content (AvgIpc) is 2.92. The van der Waals surface area contributed by atoms with Gasteiger partial charge in [-0.05, 0) is 25.0 Å². The van der Waals surface area contributed by atoms with E-state index in [0.29, 0.717) is 11.5 Å². The van der Waals surface area contributed by atoms with Gasteiger partial charge in [0.05, 0.1) is 0 Å². The topological polar surface area (TPSA) is 66.7 Å². The Hall–Kier alpha value is -2.37. The maximum absolute atomic E-state index is 11.7. The molecule has 0 aliphatic carbocycles. The zero-order chi connectivity index (χ0) is 14.8. The van der Waals surface area contributed by atoms with E-state index in [4.69, 9.17) is 0 Å². The molecule has 110 valence electrons. The second-order valence-electron chi connectivity index (χ2n) is 5.24. The Labute approximate surface area is 122 Å². The number of rotatable bonds is 3. The highest BCUT2D eigenvalue weighted by Crippen LogP contribution is 2.26. The maximum atomic E-state index is 11.7. The van der Waals surface area contributed by atoms with Crippen molar-refractivity contribution in [2.24, 2.45) is 5.92 Å². The van der Waals surface area contributed by atoms with Crippen LogP contribution < -0.4 is 10.2 Å². The van der Waals surface area contributed by atoms with Crippen LogP contribution in [-0.2, 0) is 4.79 Å². The molecule has 2 aromatic heterocycles. The van der Waals surface area contributed by atoms with Crippen molar-refractivity contribution in [3.63, 3.8) is 0 Å². The van der Waals surface area contributed by atoms with Crippen molar-refractivity contribution in [1.29, 1.82) is 0 Å². The number of nitrogens with zero attached hydrogens (tertiary/aromatic N) is 3. The molecule has 0 aromatic carbocycles. The Balaban J connectivity index is 1.85. The molecule has 0 atom stereocenters. The fourth-order valence-corrected chi connectivity index (χ4v) is 2.90. The Morgan fingerprint density at radius 1 is 1.38 bits per heavy atom. The van der Waals surface area contributed by atoms with Crippen LogP contribution in [-0.4, -0.2) is 41.7 Å². The zero-order valence-electron chi connectivity index (χ0n) is 12.0. The van der Waals surface area contributed by atoms with Crippen molar-refractivity contribution >= 4 is 23.7 Å². The summed E-state index contributed by atoms with van der Waals surface area (Å²) in [6, 6.07) is 5.66. The molecule has 2 aromatic rings.